The first-order valence-electron chi connectivity index (χ1n) is 5.72. The van der Waals surface area contributed by atoms with Gasteiger partial charge in [0, 0.05) is 31.9 Å². The molecule has 0 radical (unpaired) electrons. The van der Waals surface area contributed by atoms with Crippen LogP contribution in [0, 0.1) is 0 Å². The summed E-state index contributed by atoms with van der Waals surface area (Å²) in [6, 6.07) is 6.42. The van der Waals surface area contributed by atoms with Crippen LogP contribution in [0.15, 0.2) is 30.6 Å². The van der Waals surface area contributed by atoms with Crippen LogP contribution in [0.1, 0.15) is 12.1 Å². The molecular weight excluding hydrogens is 200 g/mol. The number of likely N-dealkylation sites (tertiary alicyclic amines) is 1. The molecule has 3 heterocycles. The molecule has 2 aromatic heterocycles. The largest absolute Gasteiger partial charge is 0.326 e. The van der Waals surface area contributed by atoms with E-state index in [1.54, 1.807) is 0 Å². The Hall–Kier alpha value is -1.39. The molecule has 4 nitrogen and oxygen atoms in total. The molecule has 0 aliphatic carbocycles. The Morgan fingerprint density at radius 2 is 2.38 bits per heavy atom. The third-order valence-corrected chi connectivity index (χ3v) is 3.19. The highest BCUT2D eigenvalue weighted by Crippen LogP contribution is 2.13. The number of nitrogens with two attached hydrogens (primary N) is 1. The Bertz CT molecular complexity index is 490. The van der Waals surface area contributed by atoms with Crippen molar-refractivity contribution in [2.24, 2.45) is 5.73 Å². The minimum absolute atomic E-state index is 0.346. The Balaban J connectivity index is 1.84. The molecule has 16 heavy (non-hydrogen) atoms. The van der Waals surface area contributed by atoms with E-state index >= 15 is 0 Å². The lowest BCUT2D eigenvalue weighted by molar-refractivity contribution is 0.322. The van der Waals surface area contributed by atoms with E-state index in [2.05, 4.69) is 20.5 Å². The summed E-state index contributed by atoms with van der Waals surface area (Å²) in [5, 5.41) is 0. The van der Waals surface area contributed by atoms with Gasteiger partial charge in [-0.1, -0.05) is 6.07 Å². The molecule has 1 aliphatic rings. The maximum Gasteiger partial charge on any atom is 0.136 e. The molecule has 4 heteroatoms. The molecule has 0 amide bonds. The molecular formula is C12H16N4. The van der Waals surface area contributed by atoms with Gasteiger partial charge in [-0.15, -0.1) is 0 Å². The molecule has 1 aliphatic heterocycles. The molecule has 3 rings (SSSR count). The average molecular weight is 216 g/mol. The van der Waals surface area contributed by atoms with Gasteiger partial charge >= 0.3 is 0 Å². The number of nitrogens with zero attached hydrogens (tertiary/aromatic N) is 3. The molecule has 1 atom stereocenters. The van der Waals surface area contributed by atoms with Gasteiger partial charge in [0.15, 0.2) is 0 Å². The topological polar surface area (TPSA) is 46.6 Å². The minimum Gasteiger partial charge on any atom is -0.326 e. The summed E-state index contributed by atoms with van der Waals surface area (Å²) in [7, 11) is 0. The van der Waals surface area contributed by atoms with Crippen LogP contribution in [0.2, 0.25) is 0 Å². The van der Waals surface area contributed by atoms with Gasteiger partial charge in [0.1, 0.15) is 5.65 Å². The summed E-state index contributed by atoms with van der Waals surface area (Å²) >= 11 is 0. The van der Waals surface area contributed by atoms with Gasteiger partial charge in [0.05, 0.1) is 11.9 Å². The number of fused-ring (bicyclic) bond motifs is 1. The molecule has 1 fully saturated rings. The van der Waals surface area contributed by atoms with Crippen molar-refractivity contribution >= 4 is 5.65 Å². The normalized spacial score (nSPS) is 21.9. The number of hydrogen-bond acceptors (Lipinski definition) is 3. The van der Waals surface area contributed by atoms with Crippen LogP contribution in [0.25, 0.3) is 5.65 Å². The van der Waals surface area contributed by atoms with Crippen molar-refractivity contribution in [2.45, 2.75) is 19.0 Å². The number of pyridine rings is 1. The molecule has 0 saturated carbocycles. The van der Waals surface area contributed by atoms with Crippen LogP contribution < -0.4 is 5.73 Å². The summed E-state index contributed by atoms with van der Waals surface area (Å²) in [5.74, 6) is 0. The zero-order valence-electron chi connectivity index (χ0n) is 9.21. The molecule has 0 spiro atoms. The van der Waals surface area contributed by atoms with Gasteiger partial charge in [-0.2, -0.15) is 0 Å². The van der Waals surface area contributed by atoms with Crippen molar-refractivity contribution < 1.29 is 0 Å². The highest BCUT2D eigenvalue weighted by molar-refractivity contribution is 5.39. The molecule has 2 N–H and O–H groups in total. The molecule has 0 aromatic carbocycles. The number of imidazole rings is 1. The molecule has 0 unspecified atom stereocenters. The first-order chi connectivity index (χ1) is 7.83. The quantitative estimate of drug-likeness (QED) is 0.810. The SMILES string of the molecule is N[C@@H]1CCN(Cc2cnc3ccccn23)C1. The monoisotopic (exact) mass is 216 g/mol. The van der Waals surface area contributed by atoms with E-state index in [9.17, 15) is 0 Å². The highest BCUT2D eigenvalue weighted by Gasteiger charge is 2.19. The fraction of sp³-hybridized carbons (Fsp3) is 0.417. The summed E-state index contributed by atoms with van der Waals surface area (Å²) in [6.45, 7) is 3.04. The van der Waals surface area contributed by atoms with E-state index in [0.29, 0.717) is 6.04 Å². The van der Waals surface area contributed by atoms with Crippen molar-refractivity contribution in [2.75, 3.05) is 13.1 Å². The fourth-order valence-corrected chi connectivity index (χ4v) is 2.34. The molecule has 84 valence electrons. The Morgan fingerprint density at radius 1 is 1.44 bits per heavy atom. The van der Waals surface area contributed by atoms with Crippen molar-refractivity contribution in [3.05, 3.63) is 36.3 Å². The zero-order chi connectivity index (χ0) is 11.0. The van der Waals surface area contributed by atoms with Gasteiger partial charge in [-0.25, -0.2) is 4.98 Å². The Morgan fingerprint density at radius 3 is 3.19 bits per heavy atom. The minimum atomic E-state index is 0.346. The lowest BCUT2D eigenvalue weighted by Gasteiger charge is -2.14. The van der Waals surface area contributed by atoms with Gasteiger partial charge in [0.25, 0.3) is 0 Å². The van der Waals surface area contributed by atoms with Gasteiger partial charge < -0.3 is 10.1 Å². The molecule has 1 saturated heterocycles. The second-order valence-electron chi connectivity index (χ2n) is 4.46. The molecule has 0 bridgehead atoms. The highest BCUT2D eigenvalue weighted by atomic mass is 15.2. The van der Waals surface area contributed by atoms with Crippen LogP contribution in [-0.4, -0.2) is 33.4 Å². The lowest BCUT2D eigenvalue weighted by Crippen LogP contribution is -2.26. The van der Waals surface area contributed by atoms with Gasteiger partial charge in [0.2, 0.25) is 0 Å². The smallest absolute Gasteiger partial charge is 0.136 e. The van der Waals surface area contributed by atoms with E-state index in [4.69, 9.17) is 5.73 Å². The lowest BCUT2D eigenvalue weighted by atomic mass is 10.3. The third kappa shape index (κ3) is 1.70. The number of hydrogen-bond donors (Lipinski definition) is 1. The first kappa shape index (κ1) is 9.81. The van der Waals surface area contributed by atoms with Crippen LogP contribution in [0.5, 0.6) is 0 Å². The predicted molar refractivity (Wildman–Crippen MR) is 63.1 cm³/mol. The van der Waals surface area contributed by atoms with Crippen LogP contribution in [0.3, 0.4) is 0 Å². The van der Waals surface area contributed by atoms with E-state index in [1.165, 1.54) is 5.69 Å². The fourth-order valence-electron chi connectivity index (χ4n) is 2.34. The summed E-state index contributed by atoms with van der Waals surface area (Å²) in [5.41, 5.74) is 8.16. The van der Waals surface area contributed by atoms with Crippen LogP contribution >= 0.6 is 0 Å². The Labute approximate surface area is 94.7 Å². The van der Waals surface area contributed by atoms with E-state index in [-0.39, 0.29) is 0 Å². The number of rotatable bonds is 2. The third-order valence-electron chi connectivity index (χ3n) is 3.19. The van der Waals surface area contributed by atoms with E-state index < -0.39 is 0 Å². The van der Waals surface area contributed by atoms with Gasteiger partial charge in [-0.05, 0) is 18.6 Å². The summed E-state index contributed by atoms with van der Waals surface area (Å²) in [6.07, 6.45) is 5.13. The number of aromatic nitrogens is 2. The van der Waals surface area contributed by atoms with Gasteiger partial charge in [-0.3, -0.25) is 4.90 Å². The van der Waals surface area contributed by atoms with Crippen molar-refractivity contribution in [1.82, 2.24) is 14.3 Å². The van der Waals surface area contributed by atoms with Crippen LogP contribution in [0.4, 0.5) is 0 Å². The van der Waals surface area contributed by atoms with E-state index in [1.807, 2.05) is 24.4 Å². The molecule has 2 aromatic rings. The van der Waals surface area contributed by atoms with Crippen molar-refractivity contribution in [3.8, 4) is 0 Å². The first-order valence-corrected chi connectivity index (χ1v) is 5.72. The maximum absolute atomic E-state index is 5.90. The second kappa shape index (κ2) is 3.88. The predicted octanol–water partition coefficient (Wildman–Crippen LogP) is 0.867. The van der Waals surface area contributed by atoms with Crippen LogP contribution in [-0.2, 0) is 6.54 Å². The second-order valence-corrected chi connectivity index (χ2v) is 4.46. The summed E-state index contributed by atoms with van der Waals surface area (Å²) < 4.78 is 2.14. The zero-order valence-corrected chi connectivity index (χ0v) is 9.21. The van der Waals surface area contributed by atoms with E-state index in [0.717, 1.165) is 31.7 Å². The standard InChI is InChI=1S/C12H16N4/c13-10-4-6-15(8-10)9-11-7-14-12-3-1-2-5-16(11)12/h1-3,5,7,10H,4,6,8-9,13H2/t10-/m1/s1. The average Bonchev–Trinajstić information content (AvgIpc) is 2.87. The maximum atomic E-state index is 5.90. The summed E-state index contributed by atoms with van der Waals surface area (Å²) in [4.78, 5) is 6.77. The van der Waals surface area contributed by atoms with Crippen molar-refractivity contribution in [3.63, 3.8) is 0 Å². The van der Waals surface area contributed by atoms with Crippen molar-refractivity contribution in [1.29, 1.82) is 0 Å². The Kier molecular flexibility index (Phi) is 2.38.